The molecule has 0 saturated carbocycles. The molecule has 0 aliphatic carbocycles. The van der Waals surface area contributed by atoms with Crippen LogP contribution in [0.2, 0.25) is 0 Å². The number of hydrogen-bond acceptors (Lipinski definition) is 4. The molecule has 0 spiro atoms. The minimum Gasteiger partial charge on any atom is -0.357 e. The zero-order chi connectivity index (χ0) is 22.6. The van der Waals surface area contributed by atoms with Gasteiger partial charge in [-0.2, -0.15) is 0 Å². The van der Waals surface area contributed by atoms with Crippen LogP contribution in [0.1, 0.15) is 52.0 Å². The Morgan fingerprint density at radius 1 is 0.970 bits per heavy atom. The van der Waals surface area contributed by atoms with E-state index in [0.29, 0.717) is 12.1 Å². The molecule has 6 nitrogen and oxygen atoms in total. The van der Waals surface area contributed by atoms with E-state index in [1.54, 1.807) is 0 Å². The van der Waals surface area contributed by atoms with E-state index in [4.69, 9.17) is 4.99 Å². The number of halogens is 1. The van der Waals surface area contributed by atoms with E-state index in [1.807, 2.05) is 0 Å². The second-order valence-electron chi connectivity index (χ2n) is 9.62. The second-order valence-corrected chi connectivity index (χ2v) is 9.62. The topological polar surface area (TPSA) is 46.1 Å². The highest BCUT2D eigenvalue weighted by Gasteiger charge is 2.21. The van der Waals surface area contributed by atoms with Crippen LogP contribution < -0.4 is 10.6 Å². The number of nitrogens with one attached hydrogen (secondary N) is 2. The Balaban J connectivity index is 0.00000385. The van der Waals surface area contributed by atoms with Gasteiger partial charge in [-0.25, -0.2) is 0 Å². The van der Waals surface area contributed by atoms with Crippen LogP contribution in [0.25, 0.3) is 0 Å². The van der Waals surface area contributed by atoms with Gasteiger partial charge in [0.25, 0.3) is 0 Å². The van der Waals surface area contributed by atoms with Gasteiger partial charge in [0.05, 0.1) is 0 Å². The van der Waals surface area contributed by atoms with Crippen molar-refractivity contribution in [1.82, 2.24) is 25.3 Å². The Labute approximate surface area is 219 Å². The van der Waals surface area contributed by atoms with Gasteiger partial charge in [0.1, 0.15) is 0 Å². The summed E-state index contributed by atoms with van der Waals surface area (Å²) in [5.41, 5.74) is 1.43. The zero-order valence-electron chi connectivity index (χ0n) is 21.1. The van der Waals surface area contributed by atoms with E-state index in [-0.39, 0.29) is 24.0 Å². The summed E-state index contributed by atoms with van der Waals surface area (Å²) in [4.78, 5) is 12.6. The summed E-state index contributed by atoms with van der Waals surface area (Å²) in [7, 11) is 0. The Bertz CT molecular complexity index is 652. The predicted octanol–water partition coefficient (Wildman–Crippen LogP) is 3.63. The molecule has 33 heavy (non-hydrogen) atoms. The number of piperidine rings is 1. The SMILES string of the molecule is CCNC(=NCCCCN1CCN(Cc2ccccc2)CC1)NC1CCN(C(C)C)CC1.I. The molecule has 0 unspecified atom stereocenters. The third-order valence-corrected chi connectivity index (χ3v) is 6.81. The quantitative estimate of drug-likeness (QED) is 0.195. The van der Waals surface area contributed by atoms with E-state index < -0.39 is 0 Å². The lowest BCUT2D eigenvalue weighted by molar-refractivity contribution is 0.126. The fourth-order valence-corrected chi connectivity index (χ4v) is 4.72. The van der Waals surface area contributed by atoms with Gasteiger partial charge in [0, 0.05) is 71.0 Å². The summed E-state index contributed by atoms with van der Waals surface area (Å²) >= 11 is 0. The van der Waals surface area contributed by atoms with E-state index in [1.165, 1.54) is 70.6 Å². The van der Waals surface area contributed by atoms with Crippen LogP contribution >= 0.6 is 24.0 Å². The predicted molar refractivity (Wildman–Crippen MR) is 152 cm³/mol. The molecule has 2 saturated heterocycles. The Kier molecular flexibility index (Phi) is 13.7. The van der Waals surface area contributed by atoms with Gasteiger partial charge in [-0.3, -0.25) is 9.89 Å². The minimum absolute atomic E-state index is 0. The Morgan fingerprint density at radius 2 is 1.64 bits per heavy atom. The number of benzene rings is 1. The van der Waals surface area contributed by atoms with E-state index in [2.05, 4.69) is 76.4 Å². The summed E-state index contributed by atoms with van der Waals surface area (Å²) in [6.07, 6.45) is 4.80. The van der Waals surface area contributed by atoms with Crippen molar-refractivity contribution in [1.29, 1.82) is 0 Å². The number of nitrogens with zero attached hydrogens (tertiary/aromatic N) is 4. The van der Waals surface area contributed by atoms with Crippen molar-refractivity contribution in [2.24, 2.45) is 4.99 Å². The molecular weight excluding hydrogens is 523 g/mol. The number of piperazine rings is 1. The van der Waals surface area contributed by atoms with Crippen LogP contribution in [0.4, 0.5) is 0 Å². The summed E-state index contributed by atoms with van der Waals surface area (Å²) in [5.74, 6) is 1.00. The normalized spacial score (nSPS) is 19.5. The van der Waals surface area contributed by atoms with Crippen molar-refractivity contribution in [3.05, 3.63) is 35.9 Å². The maximum Gasteiger partial charge on any atom is 0.191 e. The summed E-state index contributed by atoms with van der Waals surface area (Å²) in [6.45, 7) is 18.0. The highest BCUT2D eigenvalue weighted by molar-refractivity contribution is 14.0. The molecule has 0 aromatic heterocycles. The van der Waals surface area contributed by atoms with Gasteiger partial charge in [0.15, 0.2) is 5.96 Å². The molecule has 3 rings (SSSR count). The van der Waals surface area contributed by atoms with Crippen molar-refractivity contribution in [3.63, 3.8) is 0 Å². The smallest absolute Gasteiger partial charge is 0.191 e. The van der Waals surface area contributed by atoms with E-state index >= 15 is 0 Å². The first kappa shape index (κ1) is 28.3. The van der Waals surface area contributed by atoms with E-state index in [0.717, 1.165) is 32.0 Å². The van der Waals surface area contributed by atoms with Crippen molar-refractivity contribution in [2.75, 3.05) is 58.9 Å². The zero-order valence-corrected chi connectivity index (χ0v) is 23.5. The first-order chi connectivity index (χ1) is 15.6. The largest absolute Gasteiger partial charge is 0.357 e. The van der Waals surface area contributed by atoms with Crippen LogP contribution in [0.3, 0.4) is 0 Å². The number of guanidine groups is 1. The minimum atomic E-state index is 0. The Hall–Kier alpha value is -0.900. The fraction of sp³-hybridized carbons (Fsp3) is 0.731. The van der Waals surface area contributed by atoms with Crippen molar-refractivity contribution >= 4 is 29.9 Å². The number of hydrogen-bond donors (Lipinski definition) is 2. The van der Waals surface area contributed by atoms with Gasteiger partial charge < -0.3 is 20.4 Å². The van der Waals surface area contributed by atoms with Gasteiger partial charge >= 0.3 is 0 Å². The van der Waals surface area contributed by atoms with Crippen LogP contribution in [0, 0.1) is 0 Å². The second kappa shape index (κ2) is 15.9. The number of unbranched alkanes of at least 4 members (excludes halogenated alkanes) is 1. The average Bonchev–Trinajstić information content (AvgIpc) is 2.81. The standard InChI is InChI=1S/C26H46N6.HI/c1-4-27-26(29-25-12-16-32(17-13-25)23(2)3)28-14-8-9-15-30-18-20-31(21-19-30)22-24-10-6-5-7-11-24;/h5-7,10-11,23,25H,4,8-9,12-22H2,1-3H3,(H2,27,28,29);1H. The van der Waals surface area contributed by atoms with Crippen LogP contribution in [0.5, 0.6) is 0 Å². The first-order valence-corrected chi connectivity index (χ1v) is 12.9. The molecule has 188 valence electrons. The van der Waals surface area contributed by atoms with Gasteiger partial charge in [-0.05, 0) is 58.6 Å². The summed E-state index contributed by atoms with van der Waals surface area (Å²) < 4.78 is 0. The van der Waals surface area contributed by atoms with Gasteiger partial charge in [-0.15, -0.1) is 24.0 Å². The lowest BCUT2D eigenvalue weighted by Crippen LogP contribution is -2.49. The fourth-order valence-electron chi connectivity index (χ4n) is 4.72. The maximum atomic E-state index is 4.86. The first-order valence-electron chi connectivity index (χ1n) is 12.9. The van der Waals surface area contributed by atoms with Crippen molar-refractivity contribution in [3.8, 4) is 0 Å². The van der Waals surface area contributed by atoms with E-state index in [9.17, 15) is 0 Å². The lowest BCUT2D eigenvalue weighted by Gasteiger charge is -2.35. The molecule has 2 heterocycles. The molecule has 2 fully saturated rings. The third-order valence-electron chi connectivity index (χ3n) is 6.81. The molecule has 1 aromatic rings. The van der Waals surface area contributed by atoms with Crippen molar-refractivity contribution in [2.45, 2.75) is 65.1 Å². The van der Waals surface area contributed by atoms with Gasteiger partial charge in [0.2, 0.25) is 0 Å². The average molecular weight is 571 g/mol. The highest BCUT2D eigenvalue weighted by Crippen LogP contribution is 2.13. The number of aliphatic imine (C=N–C) groups is 1. The molecule has 2 aliphatic rings. The molecular formula is C26H47IN6. The highest BCUT2D eigenvalue weighted by atomic mass is 127. The molecule has 0 amide bonds. The van der Waals surface area contributed by atoms with Crippen LogP contribution in [-0.2, 0) is 6.54 Å². The maximum absolute atomic E-state index is 4.86. The molecule has 2 N–H and O–H groups in total. The number of likely N-dealkylation sites (tertiary alicyclic amines) is 1. The Morgan fingerprint density at radius 3 is 2.27 bits per heavy atom. The molecule has 7 heteroatoms. The van der Waals surface area contributed by atoms with Crippen LogP contribution in [-0.4, -0.2) is 91.6 Å². The molecule has 0 radical (unpaired) electrons. The molecule has 0 bridgehead atoms. The van der Waals surface area contributed by atoms with Gasteiger partial charge in [-0.1, -0.05) is 30.3 Å². The third kappa shape index (κ3) is 10.5. The van der Waals surface area contributed by atoms with Crippen LogP contribution in [0.15, 0.2) is 35.3 Å². The summed E-state index contributed by atoms with van der Waals surface area (Å²) in [6, 6.07) is 12.1. The molecule has 2 aliphatic heterocycles. The molecule has 1 aromatic carbocycles. The summed E-state index contributed by atoms with van der Waals surface area (Å²) in [5, 5.41) is 7.12. The lowest BCUT2D eigenvalue weighted by atomic mass is 10.0. The molecule has 0 atom stereocenters. The number of rotatable bonds is 10. The monoisotopic (exact) mass is 570 g/mol. The van der Waals surface area contributed by atoms with Crippen molar-refractivity contribution < 1.29 is 0 Å².